The van der Waals surface area contributed by atoms with Crippen molar-refractivity contribution < 1.29 is 33.9 Å². The molecule has 5 atom stereocenters. The number of carbonyl (C=O) groups is 3. The number of nitrogens with one attached hydrogen (secondary N) is 2. The van der Waals surface area contributed by atoms with Crippen LogP contribution in [0.15, 0.2) is 121 Å². The Hall–Kier alpha value is -6.61. The first-order chi connectivity index (χ1) is 30.8. The number of carbonyl (C=O) groups excluding carboxylic acids is 3. The maximum Gasteiger partial charge on any atom is 0.269 e. The highest BCUT2D eigenvalue weighted by Gasteiger charge is 2.67. The third-order valence-electron chi connectivity index (χ3n) is 13.9. The van der Waals surface area contributed by atoms with Gasteiger partial charge in [-0.25, -0.2) is 0 Å². The molecule has 0 bridgehead atoms. The lowest BCUT2D eigenvalue weighted by molar-refractivity contribution is -0.385. The van der Waals surface area contributed by atoms with E-state index in [2.05, 4.69) is 23.4 Å². The minimum absolute atomic E-state index is 0.0557. The van der Waals surface area contributed by atoms with Crippen LogP contribution in [0, 0.1) is 16.0 Å². The van der Waals surface area contributed by atoms with E-state index in [0.29, 0.717) is 35.7 Å². The Morgan fingerprint density at radius 3 is 2.48 bits per heavy atom. The van der Waals surface area contributed by atoms with Gasteiger partial charge in [-0.05, 0) is 70.6 Å². The molecular weight excluding hydrogens is 827 g/mol. The third-order valence-corrected chi connectivity index (χ3v) is 18.2. The summed E-state index contributed by atoms with van der Waals surface area (Å²) in [4.78, 5) is 62.0. The molecule has 1 spiro atoms. The van der Waals surface area contributed by atoms with E-state index < -0.39 is 36.7 Å². The number of H-pyrrole nitrogens is 1. The zero-order chi connectivity index (χ0) is 44.9. The van der Waals surface area contributed by atoms with E-state index in [-0.39, 0.29) is 54.9 Å². The molecule has 0 saturated carbocycles. The van der Waals surface area contributed by atoms with Crippen molar-refractivity contribution in [1.82, 2.24) is 9.88 Å². The molecule has 3 N–H and O–H groups in total. The highest BCUT2D eigenvalue weighted by Crippen LogP contribution is 2.60. The van der Waals surface area contributed by atoms with Gasteiger partial charge in [-0.2, -0.15) is 0 Å². The number of aliphatic hydroxyl groups excluding tert-OH is 1. The minimum Gasteiger partial charge on any atom is -0.497 e. The van der Waals surface area contributed by atoms with E-state index >= 15 is 4.79 Å². The summed E-state index contributed by atoms with van der Waals surface area (Å²) in [5, 5.41) is 28.0. The average molecular weight is 878 g/mol. The standard InChI is InChI=1S/C50H51N5O8Si/c1-31-48(64(3,4)40-19-17-39(62-2)18-20-40)45(26-47(58)53-29-34-12-6-5-11-33(34)23-38(53)30-56)63-50(31)42-25-37(55(60)61)16-21-44(42)54(49(50)59)28-32-10-9-13-36(22-32)52-46(57)24-35-27-51-43-15-8-7-14-41(35)43/h5-22,25,27,31,38,45,48,51,56H,23-24,26,28-30H2,1-4H3,(H,52,57)/t31-,38-,45+,48-,50+/m0/s1. The molecule has 9 rings (SSSR count). The topological polar surface area (TPSA) is 167 Å². The number of hydrogen-bond acceptors (Lipinski definition) is 8. The van der Waals surface area contributed by atoms with Crippen LogP contribution in [0.1, 0.15) is 41.2 Å². The SMILES string of the molecule is COc1ccc([Si](C)(C)[C@@H]2[C@@H](CC(=O)N3Cc4ccccc4C[C@H]3CO)O[C@]3(C(=O)N(Cc4cccc(NC(=O)Cc5c[nH]c6ccccc56)c4)c4ccc([N+](=O)[O-])cc43)[C@H]2C)cc1. The molecule has 3 aliphatic heterocycles. The Labute approximate surface area is 372 Å². The minimum atomic E-state index is -2.69. The number of benzene rings is 5. The molecule has 64 heavy (non-hydrogen) atoms. The summed E-state index contributed by atoms with van der Waals surface area (Å²) in [6.45, 7) is 6.63. The van der Waals surface area contributed by atoms with Gasteiger partial charge in [0.1, 0.15) is 5.75 Å². The van der Waals surface area contributed by atoms with Crippen LogP contribution in [-0.4, -0.2) is 71.6 Å². The molecule has 0 aliphatic carbocycles. The fourth-order valence-corrected chi connectivity index (χ4v) is 14.7. The second-order valence-electron chi connectivity index (χ2n) is 17.8. The number of aromatic amines is 1. The maximum absolute atomic E-state index is 15.5. The molecule has 1 aromatic heterocycles. The van der Waals surface area contributed by atoms with Gasteiger partial charge in [0.25, 0.3) is 11.6 Å². The first-order valence-corrected chi connectivity index (χ1v) is 24.7. The number of hydrogen-bond donors (Lipinski definition) is 3. The summed E-state index contributed by atoms with van der Waals surface area (Å²) in [6, 6.07) is 35.0. The summed E-state index contributed by atoms with van der Waals surface area (Å²) >= 11 is 0. The van der Waals surface area contributed by atoms with Crippen LogP contribution in [0.3, 0.4) is 0 Å². The number of methoxy groups -OCH3 is 1. The number of aromatic nitrogens is 1. The van der Waals surface area contributed by atoms with E-state index in [1.54, 1.807) is 29.0 Å². The fraction of sp³-hybridized carbons (Fsp3) is 0.300. The van der Waals surface area contributed by atoms with Gasteiger partial charge in [0.15, 0.2) is 5.60 Å². The van der Waals surface area contributed by atoms with Gasteiger partial charge < -0.3 is 34.7 Å². The van der Waals surface area contributed by atoms with E-state index in [0.717, 1.165) is 38.3 Å². The van der Waals surface area contributed by atoms with E-state index in [1.165, 1.54) is 12.1 Å². The van der Waals surface area contributed by atoms with Gasteiger partial charge in [-0.3, -0.25) is 24.5 Å². The normalized spacial score (nSPS) is 21.5. The molecule has 4 heterocycles. The van der Waals surface area contributed by atoms with Crippen molar-refractivity contribution in [3.63, 3.8) is 0 Å². The Morgan fingerprint density at radius 1 is 0.984 bits per heavy atom. The van der Waals surface area contributed by atoms with Gasteiger partial charge in [0.2, 0.25) is 11.8 Å². The lowest BCUT2D eigenvalue weighted by Crippen LogP contribution is -2.52. The van der Waals surface area contributed by atoms with Crippen molar-refractivity contribution >= 4 is 58.9 Å². The number of aliphatic hydroxyl groups is 1. The van der Waals surface area contributed by atoms with E-state index in [9.17, 15) is 24.8 Å². The molecule has 5 aromatic carbocycles. The number of rotatable bonds is 12. The largest absolute Gasteiger partial charge is 0.497 e. The second kappa shape index (κ2) is 16.8. The Balaban J connectivity index is 1.06. The summed E-state index contributed by atoms with van der Waals surface area (Å²) in [7, 11) is -1.08. The first-order valence-electron chi connectivity index (χ1n) is 21.7. The first kappa shape index (κ1) is 42.7. The molecule has 3 aliphatic rings. The van der Waals surface area contributed by atoms with Crippen LogP contribution in [0.5, 0.6) is 5.75 Å². The number of amides is 3. The molecule has 328 valence electrons. The predicted molar refractivity (Wildman–Crippen MR) is 247 cm³/mol. The van der Waals surface area contributed by atoms with Gasteiger partial charge in [0.05, 0.1) is 63.9 Å². The van der Waals surface area contributed by atoms with E-state index in [4.69, 9.17) is 9.47 Å². The fourth-order valence-electron chi connectivity index (χ4n) is 10.7. The van der Waals surface area contributed by atoms with Gasteiger partial charge >= 0.3 is 0 Å². The molecule has 0 radical (unpaired) electrons. The molecule has 0 unspecified atom stereocenters. The number of nitro groups is 1. The number of fused-ring (bicyclic) bond motifs is 4. The highest BCUT2D eigenvalue weighted by atomic mass is 28.3. The van der Waals surface area contributed by atoms with Crippen molar-refractivity contribution in [2.45, 2.75) is 75.7 Å². The van der Waals surface area contributed by atoms with Crippen molar-refractivity contribution in [2.75, 3.05) is 23.9 Å². The monoisotopic (exact) mass is 877 g/mol. The molecule has 6 aromatic rings. The summed E-state index contributed by atoms with van der Waals surface area (Å²) < 4.78 is 12.7. The Kier molecular flexibility index (Phi) is 11.2. The molecule has 1 fully saturated rings. The second-order valence-corrected chi connectivity index (χ2v) is 22.5. The van der Waals surface area contributed by atoms with E-state index in [1.807, 2.05) is 104 Å². The number of nitrogens with zero attached hydrogens (tertiary/aromatic N) is 3. The molecular formula is C50H51N5O8Si. The molecule has 13 nitrogen and oxygen atoms in total. The number of para-hydroxylation sites is 1. The Morgan fingerprint density at radius 2 is 1.73 bits per heavy atom. The van der Waals surface area contributed by atoms with Crippen molar-refractivity contribution in [1.29, 1.82) is 0 Å². The summed E-state index contributed by atoms with van der Waals surface area (Å²) in [5.74, 6) is -0.591. The molecule has 14 heteroatoms. The van der Waals surface area contributed by atoms with Crippen LogP contribution in [0.4, 0.5) is 17.1 Å². The van der Waals surface area contributed by atoms with Crippen LogP contribution < -0.4 is 20.1 Å². The van der Waals surface area contributed by atoms with Gasteiger partial charge in [0, 0.05) is 52.9 Å². The Bertz CT molecular complexity index is 2790. The van der Waals surface area contributed by atoms with Crippen molar-refractivity contribution in [2.24, 2.45) is 5.92 Å². The van der Waals surface area contributed by atoms with Gasteiger partial charge in [-0.15, -0.1) is 0 Å². The average Bonchev–Trinajstić information content (AvgIpc) is 3.91. The quantitative estimate of drug-likeness (QED) is 0.0652. The lowest BCUT2D eigenvalue weighted by atomic mass is 9.82. The van der Waals surface area contributed by atoms with Crippen molar-refractivity contribution in [3.05, 3.63) is 159 Å². The predicted octanol–water partition coefficient (Wildman–Crippen LogP) is 7.36. The van der Waals surface area contributed by atoms with Crippen molar-refractivity contribution in [3.8, 4) is 5.75 Å². The third kappa shape index (κ3) is 7.44. The maximum atomic E-state index is 15.5. The van der Waals surface area contributed by atoms with Crippen LogP contribution in [0.2, 0.25) is 18.6 Å². The zero-order valence-corrected chi connectivity index (χ0v) is 37.2. The lowest BCUT2D eigenvalue weighted by Gasteiger charge is -2.39. The molecule has 1 saturated heterocycles. The summed E-state index contributed by atoms with van der Waals surface area (Å²) in [5.41, 5.74) is 3.94. The number of anilines is 2. The molecule has 3 amide bonds. The van der Waals surface area contributed by atoms with Crippen LogP contribution in [-0.2, 0) is 50.7 Å². The van der Waals surface area contributed by atoms with Crippen LogP contribution in [0.25, 0.3) is 10.9 Å². The number of ether oxygens (including phenoxy) is 2. The van der Waals surface area contributed by atoms with Gasteiger partial charge in [-0.1, -0.05) is 91.9 Å². The summed E-state index contributed by atoms with van der Waals surface area (Å²) in [6.07, 6.45) is 1.71. The number of non-ortho nitro benzene ring substituents is 1. The number of nitro benzene ring substituents is 1. The highest BCUT2D eigenvalue weighted by molar-refractivity contribution is 6.91. The van der Waals surface area contributed by atoms with Crippen LogP contribution >= 0.6 is 0 Å². The zero-order valence-electron chi connectivity index (χ0n) is 36.2. The smallest absolute Gasteiger partial charge is 0.269 e.